The molecule has 2 aromatic carbocycles. The maximum absolute atomic E-state index is 13.2. The number of hydrogen-bond acceptors (Lipinski definition) is 5. The first-order chi connectivity index (χ1) is 14.1. The Hall–Kier alpha value is -3.06. The molecule has 4 rings (SSSR count). The monoisotopic (exact) mass is 394 g/mol. The lowest BCUT2D eigenvalue weighted by Crippen LogP contribution is -2.56. The number of para-hydroxylation sites is 2. The van der Waals surface area contributed by atoms with Crippen LogP contribution in [0.3, 0.4) is 0 Å². The molecule has 0 spiro atoms. The highest BCUT2D eigenvalue weighted by molar-refractivity contribution is 6.11. The van der Waals surface area contributed by atoms with E-state index < -0.39 is 0 Å². The summed E-state index contributed by atoms with van der Waals surface area (Å²) in [5, 5.41) is 2.83. The summed E-state index contributed by atoms with van der Waals surface area (Å²) in [7, 11) is 1.67. The highest BCUT2D eigenvalue weighted by Crippen LogP contribution is 2.30. The number of carbonyl (C=O) groups excluding carboxylic acids is 2. The molecular formula is C22H26N4O3. The molecule has 0 aromatic heterocycles. The van der Waals surface area contributed by atoms with E-state index in [0.717, 1.165) is 43.3 Å². The highest BCUT2D eigenvalue weighted by Gasteiger charge is 2.33. The molecule has 1 N–H and O–H groups in total. The van der Waals surface area contributed by atoms with Gasteiger partial charge in [-0.25, -0.2) is 0 Å². The van der Waals surface area contributed by atoms with E-state index in [1.165, 1.54) is 0 Å². The van der Waals surface area contributed by atoms with Gasteiger partial charge in [0.05, 0.1) is 24.5 Å². The third kappa shape index (κ3) is 3.91. The van der Waals surface area contributed by atoms with Gasteiger partial charge in [-0.2, -0.15) is 0 Å². The minimum absolute atomic E-state index is 0.0397. The van der Waals surface area contributed by atoms with E-state index >= 15 is 0 Å². The largest absolute Gasteiger partial charge is 0.497 e. The molecule has 1 saturated heterocycles. The molecule has 2 heterocycles. The van der Waals surface area contributed by atoms with Crippen molar-refractivity contribution >= 4 is 28.9 Å². The molecule has 0 bridgehead atoms. The van der Waals surface area contributed by atoms with Gasteiger partial charge in [-0.05, 0) is 31.2 Å². The van der Waals surface area contributed by atoms with Gasteiger partial charge in [0.2, 0.25) is 11.8 Å². The number of nitrogens with one attached hydrogen (secondary N) is 1. The summed E-state index contributed by atoms with van der Waals surface area (Å²) >= 11 is 0. The van der Waals surface area contributed by atoms with E-state index in [4.69, 9.17) is 4.74 Å². The van der Waals surface area contributed by atoms with Crippen molar-refractivity contribution in [3.05, 3.63) is 48.5 Å². The van der Waals surface area contributed by atoms with Crippen LogP contribution in [0.15, 0.2) is 48.5 Å². The van der Waals surface area contributed by atoms with Gasteiger partial charge in [0.15, 0.2) is 0 Å². The van der Waals surface area contributed by atoms with Crippen LogP contribution in [0, 0.1) is 0 Å². The van der Waals surface area contributed by atoms with Crippen LogP contribution in [0.2, 0.25) is 0 Å². The van der Waals surface area contributed by atoms with E-state index in [-0.39, 0.29) is 24.4 Å². The second kappa shape index (κ2) is 8.13. The van der Waals surface area contributed by atoms with Crippen molar-refractivity contribution in [1.29, 1.82) is 0 Å². The molecule has 152 valence electrons. The van der Waals surface area contributed by atoms with Crippen molar-refractivity contribution in [2.45, 2.75) is 13.0 Å². The van der Waals surface area contributed by atoms with E-state index in [9.17, 15) is 9.59 Å². The van der Waals surface area contributed by atoms with E-state index in [0.29, 0.717) is 5.69 Å². The number of benzene rings is 2. The molecule has 0 saturated carbocycles. The van der Waals surface area contributed by atoms with Gasteiger partial charge in [-0.3, -0.25) is 19.4 Å². The Bertz CT molecular complexity index is 908. The smallest absolute Gasteiger partial charge is 0.244 e. The lowest BCUT2D eigenvalue weighted by Gasteiger charge is -2.40. The average molecular weight is 394 g/mol. The van der Waals surface area contributed by atoms with Crippen LogP contribution >= 0.6 is 0 Å². The summed E-state index contributed by atoms with van der Waals surface area (Å²) in [5.41, 5.74) is 2.58. The van der Waals surface area contributed by atoms with Crippen LogP contribution in [0.4, 0.5) is 17.1 Å². The van der Waals surface area contributed by atoms with Gasteiger partial charge in [-0.15, -0.1) is 0 Å². The van der Waals surface area contributed by atoms with Gasteiger partial charge < -0.3 is 15.0 Å². The minimum Gasteiger partial charge on any atom is -0.497 e. The zero-order valence-electron chi connectivity index (χ0n) is 16.8. The van der Waals surface area contributed by atoms with Gasteiger partial charge in [0, 0.05) is 37.9 Å². The standard InChI is InChI=1S/C22H26N4O3/c1-16(22(28)26-15-21(27)23-19-8-3-4-9-20(19)26)24-10-12-25(13-11-24)17-6-5-7-18(14-17)29-2/h3-9,14,16H,10-13,15H2,1-2H3,(H,23,27)/t16-/m0/s1. The van der Waals surface area contributed by atoms with Crippen LogP contribution in [-0.2, 0) is 9.59 Å². The van der Waals surface area contributed by atoms with Crippen LogP contribution in [0.1, 0.15) is 6.92 Å². The number of piperazine rings is 1. The molecule has 1 fully saturated rings. The Morgan fingerprint density at radius 1 is 1.07 bits per heavy atom. The van der Waals surface area contributed by atoms with Crippen LogP contribution in [0.25, 0.3) is 0 Å². The first-order valence-corrected chi connectivity index (χ1v) is 9.90. The number of nitrogens with zero attached hydrogens (tertiary/aromatic N) is 3. The summed E-state index contributed by atoms with van der Waals surface area (Å²) in [6, 6.07) is 15.2. The quantitative estimate of drug-likeness (QED) is 0.861. The van der Waals surface area contributed by atoms with Crippen molar-refractivity contribution in [3.63, 3.8) is 0 Å². The first kappa shape index (κ1) is 19.3. The Kier molecular flexibility index (Phi) is 5.40. The number of hydrogen-bond donors (Lipinski definition) is 1. The SMILES string of the molecule is COc1cccc(N2CCN([C@@H](C)C(=O)N3CC(=O)Nc4ccccc43)CC2)c1. The molecule has 2 amide bonds. The summed E-state index contributed by atoms with van der Waals surface area (Å²) in [4.78, 5) is 31.4. The minimum atomic E-state index is -0.290. The van der Waals surface area contributed by atoms with Gasteiger partial charge in [0.1, 0.15) is 12.3 Å². The molecule has 0 radical (unpaired) electrons. The fourth-order valence-corrected chi connectivity index (χ4v) is 3.99. The maximum Gasteiger partial charge on any atom is 0.244 e. The summed E-state index contributed by atoms with van der Waals surface area (Å²) < 4.78 is 5.32. The second-order valence-electron chi connectivity index (χ2n) is 7.39. The van der Waals surface area contributed by atoms with Gasteiger partial charge in [0.25, 0.3) is 0 Å². The number of anilines is 3. The number of ether oxygens (including phenoxy) is 1. The molecule has 2 aliphatic heterocycles. The molecule has 2 aromatic rings. The fraction of sp³-hybridized carbons (Fsp3) is 0.364. The summed E-state index contributed by atoms with van der Waals surface area (Å²) in [6.45, 7) is 5.23. The summed E-state index contributed by atoms with van der Waals surface area (Å²) in [6.07, 6.45) is 0. The zero-order chi connectivity index (χ0) is 20.4. The molecule has 0 aliphatic carbocycles. The zero-order valence-corrected chi connectivity index (χ0v) is 16.8. The molecule has 29 heavy (non-hydrogen) atoms. The number of carbonyl (C=O) groups is 2. The highest BCUT2D eigenvalue weighted by atomic mass is 16.5. The van der Waals surface area contributed by atoms with Crippen molar-refractivity contribution in [2.24, 2.45) is 0 Å². The molecule has 2 aliphatic rings. The predicted octanol–water partition coefficient (Wildman–Crippen LogP) is 2.19. The molecule has 7 heteroatoms. The van der Waals surface area contributed by atoms with Crippen LogP contribution in [0.5, 0.6) is 5.75 Å². The van der Waals surface area contributed by atoms with E-state index in [1.807, 2.05) is 49.4 Å². The second-order valence-corrected chi connectivity index (χ2v) is 7.39. The number of methoxy groups -OCH3 is 1. The van der Waals surface area contributed by atoms with Crippen molar-refractivity contribution < 1.29 is 14.3 Å². The molecule has 0 unspecified atom stereocenters. The topological polar surface area (TPSA) is 65.1 Å². The Balaban J connectivity index is 1.42. The summed E-state index contributed by atoms with van der Waals surface area (Å²) in [5.74, 6) is 0.643. The first-order valence-electron chi connectivity index (χ1n) is 9.90. The Morgan fingerprint density at radius 2 is 1.83 bits per heavy atom. The van der Waals surface area contributed by atoms with Crippen molar-refractivity contribution in [2.75, 3.05) is 55.0 Å². The number of rotatable bonds is 4. The number of amides is 2. The maximum atomic E-state index is 13.2. The predicted molar refractivity (Wildman–Crippen MR) is 114 cm³/mol. The van der Waals surface area contributed by atoms with Gasteiger partial charge in [-0.1, -0.05) is 18.2 Å². The van der Waals surface area contributed by atoms with Crippen LogP contribution < -0.4 is 19.9 Å². The van der Waals surface area contributed by atoms with E-state index in [2.05, 4.69) is 21.2 Å². The van der Waals surface area contributed by atoms with Crippen molar-refractivity contribution in [1.82, 2.24) is 4.90 Å². The molecule has 1 atom stereocenters. The fourth-order valence-electron chi connectivity index (χ4n) is 3.99. The Morgan fingerprint density at radius 3 is 2.59 bits per heavy atom. The molecule has 7 nitrogen and oxygen atoms in total. The van der Waals surface area contributed by atoms with E-state index in [1.54, 1.807) is 12.0 Å². The number of fused-ring (bicyclic) bond motifs is 1. The third-order valence-electron chi connectivity index (χ3n) is 5.67. The van der Waals surface area contributed by atoms with Crippen molar-refractivity contribution in [3.8, 4) is 5.75 Å². The van der Waals surface area contributed by atoms with Crippen LogP contribution in [-0.4, -0.2) is 62.6 Å². The Labute approximate surface area is 170 Å². The average Bonchev–Trinajstić information content (AvgIpc) is 2.77. The van der Waals surface area contributed by atoms with Gasteiger partial charge >= 0.3 is 0 Å². The third-order valence-corrected chi connectivity index (χ3v) is 5.67. The molecular weight excluding hydrogens is 368 g/mol. The normalized spacial score (nSPS) is 18.1. The lowest BCUT2D eigenvalue weighted by molar-refractivity contribution is -0.125. The lowest BCUT2D eigenvalue weighted by atomic mass is 10.1.